The highest BCUT2D eigenvalue weighted by Crippen LogP contribution is 2.29. The minimum atomic E-state index is -0.881. The first-order chi connectivity index (χ1) is 10.0. The molecule has 1 heterocycles. The third-order valence-electron chi connectivity index (χ3n) is 3.63. The predicted molar refractivity (Wildman–Crippen MR) is 76.5 cm³/mol. The van der Waals surface area contributed by atoms with E-state index in [-0.39, 0.29) is 11.7 Å². The van der Waals surface area contributed by atoms with Gasteiger partial charge in [0, 0.05) is 19.1 Å². The number of rotatable bonds is 6. The van der Waals surface area contributed by atoms with Gasteiger partial charge < -0.3 is 10.2 Å². The summed E-state index contributed by atoms with van der Waals surface area (Å²) in [5.74, 6) is -1.76. The topological polar surface area (TPSA) is 58.4 Å². The number of halogens is 2. The number of nitrogens with one attached hydrogen (secondary N) is 1. The molecule has 0 spiro atoms. The molecule has 1 aliphatic rings. The lowest BCUT2D eigenvalue weighted by Gasteiger charge is -2.28. The Balaban J connectivity index is 2.28. The largest absolute Gasteiger partial charge is 0.365 e. The van der Waals surface area contributed by atoms with Crippen LogP contribution >= 0.6 is 0 Å². The maximum absolute atomic E-state index is 14.1. The number of hydrogen-bond donors (Lipinski definition) is 1. The summed E-state index contributed by atoms with van der Waals surface area (Å²) in [4.78, 5) is 11.5. The first-order valence-electron chi connectivity index (χ1n) is 7.14. The van der Waals surface area contributed by atoms with Gasteiger partial charge >= 0.3 is 0 Å². The van der Waals surface area contributed by atoms with Crippen molar-refractivity contribution < 1.29 is 13.7 Å². The summed E-state index contributed by atoms with van der Waals surface area (Å²) in [7, 11) is 0. The van der Waals surface area contributed by atoms with Gasteiger partial charge in [0.2, 0.25) is 0 Å². The number of benzene rings is 1. The van der Waals surface area contributed by atoms with Crippen molar-refractivity contribution >= 4 is 11.4 Å². The minimum absolute atomic E-state index is 0.170. The summed E-state index contributed by atoms with van der Waals surface area (Å²) in [6.45, 7) is 3.84. The molecule has 0 radical (unpaired) electrons. The number of anilines is 1. The van der Waals surface area contributed by atoms with Crippen LogP contribution in [0.2, 0.25) is 0 Å². The molecule has 5 nitrogen and oxygen atoms in total. The minimum Gasteiger partial charge on any atom is -0.365 e. The second-order valence-corrected chi connectivity index (χ2v) is 5.25. The third kappa shape index (κ3) is 3.66. The van der Waals surface area contributed by atoms with E-state index in [0.717, 1.165) is 37.9 Å². The maximum Gasteiger partial charge on any atom is 0.275 e. The molecule has 116 valence electrons. The summed E-state index contributed by atoms with van der Waals surface area (Å²) in [6, 6.07) is 1.76. The predicted octanol–water partition coefficient (Wildman–Crippen LogP) is 2.84. The Morgan fingerprint density at radius 2 is 2.10 bits per heavy atom. The monoisotopic (exact) mass is 299 g/mol. The molecule has 1 aromatic carbocycles. The van der Waals surface area contributed by atoms with Crippen LogP contribution in [0.1, 0.15) is 26.2 Å². The molecule has 7 heteroatoms. The number of nitro groups is 1. The van der Waals surface area contributed by atoms with Gasteiger partial charge in [-0.1, -0.05) is 6.92 Å². The average molecular weight is 299 g/mol. The van der Waals surface area contributed by atoms with Crippen LogP contribution in [0.4, 0.5) is 20.2 Å². The fourth-order valence-corrected chi connectivity index (χ4v) is 2.70. The molecule has 1 atom stereocenters. The molecule has 0 aromatic heterocycles. The number of hydrogen-bond acceptors (Lipinski definition) is 4. The van der Waals surface area contributed by atoms with Crippen LogP contribution in [-0.4, -0.2) is 30.6 Å². The Morgan fingerprint density at radius 3 is 2.57 bits per heavy atom. The standard InChI is InChI=1S/C14H19F2N3O2/c1-2-6-18(9-10-4-3-5-17-10)14-12(15)7-11(19(20)21)8-13(14)16/h7-8,10,17H,2-6,9H2,1H3. The van der Waals surface area contributed by atoms with Crippen LogP contribution < -0.4 is 10.2 Å². The van der Waals surface area contributed by atoms with Gasteiger partial charge in [-0.25, -0.2) is 8.78 Å². The summed E-state index contributed by atoms with van der Waals surface area (Å²) in [5.41, 5.74) is -0.736. The van der Waals surface area contributed by atoms with E-state index in [1.165, 1.54) is 0 Å². The number of nitrogens with zero attached hydrogens (tertiary/aromatic N) is 2. The molecule has 0 saturated carbocycles. The molecular weight excluding hydrogens is 280 g/mol. The molecule has 1 unspecified atom stereocenters. The summed E-state index contributed by atoms with van der Waals surface area (Å²) >= 11 is 0. The Morgan fingerprint density at radius 1 is 1.43 bits per heavy atom. The second kappa shape index (κ2) is 6.80. The Bertz CT molecular complexity index is 496. The van der Waals surface area contributed by atoms with E-state index >= 15 is 0 Å². The number of nitro benzene ring substituents is 1. The van der Waals surface area contributed by atoms with E-state index in [0.29, 0.717) is 13.1 Å². The zero-order valence-corrected chi connectivity index (χ0v) is 11.9. The van der Waals surface area contributed by atoms with Crippen molar-refractivity contribution in [2.75, 3.05) is 24.5 Å². The van der Waals surface area contributed by atoms with Crippen LogP contribution in [0.5, 0.6) is 0 Å². The molecular formula is C14H19F2N3O2. The van der Waals surface area contributed by atoms with Crippen molar-refractivity contribution in [3.05, 3.63) is 33.9 Å². The van der Waals surface area contributed by atoms with Crippen molar-refractivity contribution in [1.82, 2.24) is 5.32 Å². The van der Waals surface area contributed by atoms with E-state index < -0.39 is 22.2 Å². The van der Waals surface area contributed by atoms with Gasteiger partial charge in [-0.3, -0.25) is 10.1 Å². The molecule has 1 saturated heterocycles. The normalized spacial score (nSPS) is 18.0. The van der Waals surface area contributed by atoms with Crippen molar-refractivity contribution in [2.45, 2.75) is 32.2 Å². The number of non-ortho nitro benzene ring substituents is 1. The van der Waals surface area contributed by atoms with Crippen LogP contribution in [0.3, 0.4) is 0 Å². The second-order valence-electron chi connectivity index (χ2n) is 5.25. The first kappa shape index (κ1) is 15.6. The first-order valence-corrected chi connectivity index (χ1v) is 7.14. The SMILES string of the molecule is CCCN(CC1CCCN1)c1c(F)cc([N+](=O)[O-])cc1F. The highest BCUT2D eigenvalue weighted by molar-refractivity contribution is 5.54. The quantitative estimate of drug-likeness (QED) is 0.648. The van der Waals surface area contributed by atoms with Gasteiger partial charge in [-0.05, 0) is 25.8 Å². The van der Waals surface area contributed by atoms with E-state index in [2.05, 4.69) is 5.32 Å². The van der Waals surface area contributed by atoms with Crippen molar-refractivity contribution in [3.63, 3.8) is 0 Å². The lowest BCUT2D eigenvalue weighted by atomic mass is 10.1. The fraction of sp³-hybridized carbons (Fsp3) is 0.571. The molecule has 2 rings (SSSR count). The van der Waals surface area contributed by atoms with Gasteiger partial charge in [0.1, 0.15) is 5.69 Å². The van der Waals surface area contributed by atoms with Gasteiger partial charge in [-0.2, -0.15) is 0 Å². The molecule has 1 N–H and O–H groups in total. The van der Waals surface area contributed by atoms with E-state index in [9.17, 15) is 18.9 Å². The fourth-order valence-electron chi connectivity index (χ4n) is 2.70. The van der Waals surface area contributed by atoms with Gasteiger partial charge in [0.15, 0.2) is 11.6 Å². The summed E-state index contributed by atoms with van der Waals surface area (Å²) < 4.78 is 28.2. The zero-order chi connectivity index (χ0) is 15.4. The Labute approximate surface area is 122 Å². The van der Waals surface area contributed by atoms with Crippen molar-refractivity contribution in [2.24, 2.45) is 0 Å². The van der Waals surface area contributed by atoms with Crippen LogP contribution in [0.15, 0.2) is 12.1 Å². The van der Waals surface area contributed by atoms with E-state index in [4.69, 9.17) is 0 Å². The lowest BCUT2D eigenvalue weighted by Crippen LogP contribution is -2.39. The summed E-state index contributed by atoms with van der Waals surface area (Å²) in [5, 5.41) is 13.9. The summed E-state index contributed by atoms with van der Waals surface area (Å²) in [6.07, 6.45) is 2.76. The third-order valence-corrected chi connectivity index (χ3v) is 3.63. The van der Waals surface area contributed by atoms with Crippen molar-refractivity contribution in [1.29, 1.82) is 0 Å². The molecule has 21 heavy (non-hydrogen) atoms. The molecule has 1 fully saturated rings. The van der Waals surface area contributed by atoms with Gasteiger partial charge in [0.05, 0.1) is 17.1 Å². The molecule has 1 aliphatic heterocycles. The Kier molecular flexibility index (Phi) is 5.06. The average Bonchev–Trinajstić information content (AvgIpc) is 2.90. The van der Waals surface area contributed by atoms with Crippen molar-refractivity contribution in [3.8, 4) is 0 Å². The van der Waals surface area contributed by atoms with Crippen LogP contribution in [-0.2, 0) is 0 Å². The molecule has 1 aromatic rings. The van der Waals surface area contributed by atoms with Crippen LogP contribution in [0, 0.1) is 21.7 Å². The zero-order valence-electron chi connectivity index (χ0n) is 11.9. The maximum atomic E-state index is 14.1. The Hall–Kier alpha value is -1.76. The van der Waals surface area contributed by atoms with Gasteiger partial charge in [0.25, 0.3) is 5.69 Å². The van der Waals surface area contributed by atoms with Gasteiger partial charge in [-0.15, -0.1) is 0 Å². The molecule has 0 amide bonds. The highest BCUT2D eigenvalue weighted by atomic mass is 19.1. The lowest BCUT2D eigenvalue weighted by molar-refractivity contribution is -0.385. The molecule has 0 bridgehead atoms. The smallest absolute Gasteiger partial charge is 0.275 e. The van der Waals surface area contributed by atoms with E-state index in [1.54, 1.807) is 4.90 Å². The highest BCUT2D eigenvalue weighted by Gasteiger charge is 2.24. The van der Waals surface area contributed by atoms with Crippen LogP contribution in [0.25, 0.3) is 0 Å². The van der Waals surface area contributed by atoms with E-state index in [1.807, 2.05) is 6.92 Å². The molecule has 0 aliphatic carbocycles.